The summed E-state index contributed by atoms with van der Waals surface area (Å²) in [6.45, 7) is 8.75. The maximum absolute atomic E-state index is 10.2. The third kappa shape index (κ3) is 4.70. The molecule has 124 valence electrons. The first-order chi connectivity index (χ1) is 10.5. The summed E-state index contributed by atoms with van der Waals surface area (Å²) in [6.07, 6.45) is 1.30. The summed E-state index contributed by atoms with van der Waals surface area (Å²) >= 11 is 0. The van der Waals surface area contributed by atoms with Gasteiger partial charge in [0.2, 0.25) is 0 Å². The van der Waals surface area contributed by atoms with E-state index in [2.05, 4.69) is 4.90 Å². The number of aliphatic hydroxyl groups is 2. The zero-order valence-corrected chi connectivity index (χ0v) is 14.0. The fraction of sp³-hybridized carbons (Fsp3) is 0.667. The molecular formula is C18H29NO3. The van der Waals surface area contributed by atoms with E-state index < -0.39 is 6.10 Å². The van der Waals surface area contributed by atoms with Crippen molar-refractivity contribution in [1.29, 1.82) is 0 Å². The van der Waals surface area contributed by atoms with Gasteiger partial charge in [0.05, 0.1) is 6.10 Å². The fourth-order valence-electron chi connectivity index (χ4n) is 3.18. The van der Waals surface area contributed by atoms with E-state index in [4.69, 9.17) is 4.74 Å². The highest BCUT2D eigenvalue weighted by Crippen LogP contribution is 2.23. The fourth-order valence-corrected chi connectivity index (χ4v) is 3.18. The van der Waals surface area contributed by atoms with Gasteiger partial charge in [-0.15, -0.1) is 0 Å². The van der Waals surface area contributed by atoms with E-state index in [0.29, 0.717) is 19.1 Å². The molecule has 1 fully saturated rings. The predicted molar refractivity (Wildman–Crippen MR) is 88.3 cm³/mol. The maximum atomic E-state index is 10.2. The molecule has 1 aliphatic heterocycles. The van der Waals surface area contributed by atoms with Crippen LogP contribution in [0, 0.1) is 19.8 Å². The van der Waals surface area contributed by atoms with Crippen LogP contribution in [-0.2, 0) is 0 Å². The number of aliphatic hydroxyl groups excluding tert-OH is 2. The highest BCUT2D eigenvalue weighted by molar-refractivity contribution is 5.39. The van der Waals surface area contributed by atoms with Crippen molar-refractivity contribution in [2.45, 2.75) is 45.8 Å². The summed E-state index contributed by atoms with van der Waals surface area (Å²) in [7, 11) is 0. The molecule has 0 aromatic heterocycles. The summed E-state index contributed by atoms with van der Waals surface area (Å²) in [5.41, 5.74) is 2.20. The third-order valence-electron chi connectivity index (χ3n) is 4.61. The molecule has 1 aromatic rings. The second kappa shape index (κ2) is 7.95. The number of aryl methyl sites for hydroxylation is 2. The van der Waals surface area contributed by atoms with Crippen molar-refractivity contribution in [3.63, 3.8) is 0 Å². The molecule has 2 atom stereocenters. The van der Waals surface area contributed by atoms with Crippen molar-refractivity contribution in [1.82, 2.24) is 4.90 Å². The highest BCUT2D eigenvalue weighted by Gasteiger charge is 2.24. The van der Waals surface area contributed by atoms with Gasteiger partial charge >= 0.3 is 0 Å². The SMILES string of the molecule is Cc1cccc(C)c1OCC(O)CN1CCC(C(C)O)CC1. The van der Waals surface area contributed by atoms with Crippen LogP contribution in [0.5, 0.6) is 5.75 Å². The van der Waals surface area contributed by atoms with Gasteiger partial charge in [0.15, 0.2) is 0 Å². The van der Waals surface area contributed by atoms with E-state index in [9.17, 15) is 10.2 Å². The van der Waals surface area contributed by atoms with Gasteiger partial charge in [-0.25, -0.2) is 0 Å². The van der Waals surface area contributed by atoms with Gasteiger partial charge in [0.1, 0.15) is 18.5 Å². The molecule has 2 rings (SSSR count). The summed E-state index contributed by atoms with van der Waals surface area (Å²) in [5.74, 6) is 1.29. The van der Waals surface area contributed by atoms with E-state index >= 15 is 0 Å². The van der Waals surface area contributed by atoms with Crippen molar-refractivity contribution in [2.75, 3.05) is 26.2 Å². The Morgan fingerprint density at radius 2 is 1.77 bits per heavy atom. The number of benzene rings is 1. The van der Waals surface area contributed by atoms with Crippen molar-refractivity contribution in [3.8, 4) is 5.75 Å². The largest absolute Gasteiger partial charge is 0.490 e. The van der Waals surface area contributed by atoms with E-state index in [1.807, 2.05) is 39.0 Å². The number of piperidine rings is 1. The van der Waals surface area contributed by atoms with Gasteiger partial charge in [0.25, 0.3) is 0 Å². The van der Waals surface area contributed by atoms with Gasteiger partial charge < -0.3 is 19.8 Å². The molecule has 1 saturated heterocycles. The summed E-state index contributed by atoms with van der Waals surface area (Å²) in [6, 6.07) is 6.06. The maximum Gasteiger partial charge on any atom is 0.125 e. The smallest absolute Gasteiger partial charge is 0.125 e. The average molecular weight is 307 g/mol. The van der Waals surface area contributed by atoms with Crippen LogP contribution in [-0.4, -0.2) is 53.6 Å². The first-order valence-corrected chi connectivity index (χ1v) is 8.25. The Labute approximate surface area is 133 Å². The average Bonchev–Trinajstić information content (AvgIpc) is 2.47. The van der Waals surface area contributed by atoms with Gasteiger partial charge in [0, 0.05) is 6.54 Å². The molecule has 4 nitrogen and oxygen atoms in total. The van der Waals surface area contributed by atoms with Crippen molar-refractivity contribution in [3.05, 3.63) is 29.3 Å². The molecule has 1 aromatic carbocycles. The third-order valence-corrected chi connectivity index (χ3v) is 4.61. The van der Waals surface area contributed by atoms with Crippen LogP contribution in [0.4, 0.5) is 0 Å². The second-order valence-corrected chi connectivity index (χ2v) is 6.56. The van der Waals surface area contributed by atoms with E-state index in [0.717, 1.165) is 42.8 Å². The minimum atomic E-state index is -0.484. The van der Waals surface area contributed by atoms with Crippen LogP contribution in [0.15, 0.2) is 18.2 Å². The lowest BCUT2D eigenvalue weighted by Crippen LogP contribution is -2.42. The zero-order valence-electron chi connectivity index (χ0n) is 14.0. The van der Waals surface area contributed by atoms with Gasteiger partial charge in [-0.1, -0.05) is 18.2 Å². The molecule has 0 bridgehead atoms. The van der Waals surface area contributed by atoms with Crippen LogP contribution in [0.3, 0.4) is 0 Å². The Hall–Kier alpha value is -1.10. The molecular weight excluding hydrogens is 278 g/mol. The zero-order chi connectivity index (χ0) is 16.1. The number of nitrogens with zero attached hydrogens (tertiary/aromatic N) is 1. The van der Waals surface area contributed by atoms with E-state index in [1.165, 1.54) is 0 Å². The topological polar surface area (TPSA) is 52.9 Å². The molecule has 0 aliphatic carbocycles. The summed E-state index contributed by atoms with van der Waals surface area (Å²) < 4.78 is 5.81. The lowest BCUT2D eigenvalue weighted by Gasteiger charge is -2.34. The molecule has 0 amide bonds. The number of hydrogen-bond acceptors (Lipinski definition) is 4. The Morgan fingerprint density at radius 1 is 1.18 bits per heavy atom. The van der Waals surface area contributed by atoms with Crippen molar-refractivity contribution in [2.24, 2.45) is 5.92 Å². The minimum absolute atomic E-state index is 0.223. The van der Waals surface area contributed by atoms with Crippen LogP contribution in [0.1, 0.15) is 30.9 Å². The monoisotopic (exact) mass is 307 g/mol. The summed E-state index contributed by atoms with van der Waals surface area (Å²) in [4.78, 5) is 2.26. The molecule has 1 heterocycles. The molecule has 22 heavy (non-hydrogen) atoms. The highest BCUT2D eigenvalue weighted by atomic mass is 16.5. The lowest BCUT2D eigenvalue weighted by atomic mass is 9.92. The number of rotatable bonds is 6. The lowest BCUT2D eigenvalue weighted by molar-refractivity contribution is 0.0334. The molecule has 1 aliphatic rings. The Morgan fingerprint density at radius 3 is 2.32 bits per heavy atom. The number of para-hydroxylation sites is 1. The predicted octanol–water partition coefficient (Wildman–Crippen LogP) is 2.14. The second-order valence-electron chi connectivity index (χ2n) is 6.56. The van der Waals surface area contributed by atoms with Gasteiger partial charge in [-0.3, -0.25) is 0 Å². The Kier molecular flexibility index (Phi) is 6.24. The Bertz CT molecular complexity index is 447. The van der Waals surface area contributed by atoms with E-state index in [1.54, 1.807) is 0 Å². The van der Waals surface area contributed by atoms with Crippen molar-refractivity contribution >= 4 is 0 Å². The molecule has 2 unspecified atom stereocenters. The summed E-state index contributed by atoms with van der Waals surface area (Å²) in [5, 5.41) is 19.8. The first-order valence-electron chi connectivity index (χ1n) is 8.25. The molecule has 4 heteroatoms. The van der Waals surface area contributed by atoms with Crippen LogP contribution in [0.2, 0.25) is 0 Å². The first kappa shape index (κ1) is 17.3. The standard InChI is InChI=1S/C18H29NO3/c1-13-5-4-6-14(2)18(13)22-12-17(21)11-19-9-7-16(8-10-19)15(3)20/h4-6,15-17,20-21H,7-12H2,1-3H3. The van der Waals surface area contributed by atoms with Crippen LogP contribution >= 0.6 is 0 Å². The number of hydrogen-bond donors (Lipinski definition) is 2. The molecule has 0 saturated carbocycles. The Balaban J connectivity index is 1.76. The van der Waals surface area contributed by atoms with E-state index in [-0.39, 0.29) is 6.10 Å². The molecule has 2 N–H and O–H groups in total. The molecule has 0 radical (unpaired) electrons. The number of likely N-dealkylation sites (tertiary alicyclic amines) is 1. The van der Waals surface area contributed by atoms with Crippen LogP contribution in [0.25, 0.3) is 0 Å². The normalized spacial score (nSPS) is 19.9. The number of β-amino-alcohol motifs (C(OH)–C–C–N with tert-alkyl or cyclic N) is 1. The minimum Gasteiger partial charge on any atom is -0.490 e. The van der Waals surface area contributed by atoms with Crippen LogP contribution < -0.4 is 4.74 Å². The quantitative estimate of drug-likeness (QED) is 0.845. The number of ether oxygens (including phenoxy) is 1. The van der Waals surface area contributed by atoms with Gasteiger partial charge in [-0.05, 0) is 63.7 Å². The van der Waals surface area contributed by atoms with Gasteiger partial charge in [-0.2, -0.15) is 0 Å². The molecule has 0 spiro atoms. The van der Waals surface area contributed by atoms with Crippen molar-refractivity contribution < 1.29 is 14.9 Å².